The summed E-state index contributed by atoms with van der Waals surface area (Å²) in [5, 5.41) is 2.68. The molecule has 1 heterocycles. The van der Waals surface area contributed by atoms with Crippen LogP contribution >= 0.6 is 0 Å². The van der Waals surface area contributed by atoms with Gasteiger partial charge in [-0.3, -0.25) is 9.59 Å². The smallest absolute Gasteiger partial charge is 0.245 e. The van der Waals surface area contributed by atoms with Crippen molar-refractivity contribution in [1.82, 2.24) is 10.2 Å². The first kappa shape index (κ1) is 15.5. The molecule has 1 aliphatic rings. The zero-order chi connectivity index (χ0) is 15.2. The molecule has 6 nitrogen and oxygen atoms in total. The molecule has 3 N–H and O–H groups in total. The van der Waals surface area contributed by atoms with E-state index in [1.54, 1.807) is 24.0 Å². The van der Waals surface area contributed by atoms with E-state index in [0.717, 1.165) is 5.56 Å². The van der Waals surface area contributed by atoms with E-state index in [1.165, 1.54) is 0 Å². The number of ether oxygens (including phenoxy) is 1. The van der Waals surface area contributed by atoms with Crippen LogP contribution in [0.2, 0.25) is 0 Å². The summed E-state index contributed by atoms with van der Waals surface area (Å²) in [7, 11) is 0. The minimum absolute atomic E-state index is 0.105. The first-order valence-corrected chi connectivity index (χ1v) is 7.07. The van der Waals surface area contributed by atoms with E-state index in [1.807, 2.05) is 18.2 Å². The van der Waals surface area contributed by atoms with Gasteiger partial charge in [-0.25, -0.2) is 0 Å². The van der Waals surface area contributed by atoms with E-state index in [4.69, 9.17) is 10.5 Å². The lowest BCUT2D eigenvalue weighted by molar-refractivity contribution is -0.139. The molecule has 2 rings (SSSR count). The van der Waals surface area contributed by atoms with Crippen molar-refractivity contribution in [2.24, 2.45) is 5.73 Å². The topological polar surface area (TPSA) is 84.7 Å². The van der Waals surface area contributed by atoms with E-state index in [9.17, 15) is 9.59 Å². The third-order valence-corrected chi connectivity index (χ3v) is 3.49. The largest absolute Gasteiger partial charge is 0.378 e. The van der Waals surface area contributed by atoms with Gasteiger partial charge in [0.05, 0.1) is 13.2 Å². The Morgan fingerprint density at radius 3 is 2.48 bits per heavy atom. The van der Waals surface area contributed by atoms with E-state index >= 15 is 0 Å². The molecule has 0 aliphatic carbocycles. The lowest BCUT2D eigenvalue weighted by Gasteiger charge is -2.29. The molecular weight excluding hydrogens is 270 g/mol. The number of nitrogens with one attached hydrogen (secondary N) is 1. The number of nitrogens with two attached hydrogens (primary N) is 1. The number of hydrogen-bond donors (Lipinski definition) is 2. The fourth-order valence-electron chi connectivity index (χ4n) is 2.23. The molecule has 114 valence electrons. The normalized spacial score (nSPS) is 17.9. The quantitative estimate of drug-likeness (QED) is 0.821. The number of nitrogens with zero attached hydrogens (tertiary/aromatic N) is 1. The molecule has 0 aromatic heterocycles. The molecule has 2 amide bonds. The maximum absolute atomic E-state index is 12.2. The Labute approximate surface area is 124 Å². The number of hydrogen-bond acceptors (Lipinski definition) is 4. The highest BCUT2D eigenvalue weighted by Gasteiger charge is 2.25. The van der Waals surface area contributed by atoms with Gasteiger partial charge in [-0.05, 0) is 12.5 Å². The Kier molecular flexibility index (Phi) is 5.30. The van der Waals surface area contributed by atoms with Crippen LogP contribution in [0.5, 0.6) is 0 Å². The van der Waals surface area contributed by atoms with Crippen LogP contribution in [-0.2, 0) is 14.3 Å². The number of carbonyl (C=O) groups excluding carboxylic acids is 2. The number of benzene rings is 1. The van der Waals surface area contributed by atoms with Gasteiger partial charge in [0, 0.05) is 13.1 Å². The summed E-state index contributed by atoms with van der Waals surface area (Å²) in [6, 6.07) is 7.72. The standard InChI is InChI=1S/C15H21N3O3/c1-11(15(20)18-7-9-21-10-8-18)17-14(19)13(16)12-5-3-2-4-6-12/h2-6,11,13H,7-10,16H2,1H3,(H,17,19)/t11?,13-/m0/s1. The average Bonchev–Trinajstić information content (AvgIpc) is 2.55. The Hall–Kier alpha value is -1.92. The minimum atomic E-state index is -0.772. The van der Waals surface area contributed by atoms with Gasteiger partial charge in [0.2, 0.25) is 11.8 Å². The summed E-state index contributed by atoms with van der Waals surface area (Å²) < 4.78 is 5.21. The van der Waals surface area contributed by atoms with Crippen molar-refractivity contribution < 1.29 is 14.3 Å². The second kappa shape index (κ2) is 7.19. The Balaban J connectivity index is 1.90. The van der Waals surface area contributed by atoms with Gasteiger partial charge in [-0.15, -0.1) is 0 Å². The van der Waals surface area contributed by atoms with Crippen LogP contribution in [0.25, 0.3) is 0 Å². The van der Waals surface area contributed by atoms with E-state index in [0.29, 0.717) is 26.3 Å². The van der Waals surface area contributed by atoms with Gasteiger partial charge in [0.25, 0.3) is 0 Å². The van der Waals surface area contributed by atoms with E-state index < -0.39 is 12.1 Å². The van der Waals surface area contributed by atoms with Crippen molar-refractivity contribution in [3.8, 4) is 0 Å². The highest BCUT2D eigenvalue weighted by molar-refractivity contribution is 5.90. The molecule has 6 heteroatoms. The van der Waals surface area contributed by atoms with E-state index in [-0.39, 0.29) is 11.8 Å². The zero-order valence-corrected chi connectivity index (χ0v) is 12.1. The first-order chi connectivity index (χ1) is 10.1. The molecule has 1 unspecified atom stereocenters. The van der Waals surface area contributed by atoms with Crippen molar-refractivity contribution in [2.45, 2.75) is 19.0 Å². The summed E-state index contributed by atoms with van der Waals surface area (Å²) in [5.41, 5.74) is 6.63. The van der Waals surface area contributed by atoms with Gasteiger partial charge < -0.3 is 20.7 Å². The van der Waals surface area contributed by atoms with Gasteiger partial charge in [0.1, 0.15) is 12.1 Å². The minimum Gasteiger partial charge on any atom is -0.378 e. The van der Waals surface area contributed by atoms with Crippen LogP contribution in [0, 0.1) is 0 Å². The molecule has 1 fully saturated rings. The fraction of sp³-hybridized carbons (Fsp3) is 0.467. The van der Waals surface area contributed by atoms with Gasteiger partial charge in [0.15, 0.2) is 0 Å². The van der Waals surface area contributed by atoms with Crippen LogP contribution in [0.4, 0.5) is 0 Å². The van der Waals surface area contributed by atoms with Crippen LogP contribution in [0.15, 0.2) is 30.3 Å². The maximum Gasteiger partial charge on any atom is 0.245 e. The summed E-state index contributed by atoms with van der Waals surface area (Å²) in [6.07, 6.45) is 0. The molecule has 1 saturated heterocycles. The summed E-state index contributed by atoms with van der Waals surface area (Å²) >= 11 is 0. The number of amides is 2. The molecule has 0 bridgehead atoms. The molecule has 2 atom stereocenters. The lowest BCUT2D eigenvalue weighted by atomic mass is 10.1. The highest BCUT2D eigenvalue weighted by Crippen LogP contribution is 2.10. The summed E-state index contributed by atoms with van der Waals surface area (Å²) in [6.45, 7) is 3.87. The fourth-order valence-corrected chi connectivity index (χ4v) is 2.23. The SMILES string of the molecule is CC(NC(=O)[C@@H](N)c1ccccc1)C(=O)N1CCOCC1. The van der Waals surface area contributed by atoms with Gasteiger partial charge in [-0.2, -0.15) is 0 Å². The van der Waals surface area contributed by atoms with Crippen molar-refractivity contribution in [3.05, 3.63) is 35.9 Å². The van der Waals surface area contributed by atoms with Crippen molar-refractivity contribution >= 4 is 11.8 Å². The highest BCUT2D eigenvalue weighted by atomic mass is 16.5. The van der Waals surface area contributed by atoms with Gasteiger partial charge in [-0.1, -0.05) is 30.3 Å². The number of morpholine rings is 1. The second-order valence-corrected chi connectivity index (χ2v) is 5.06. The van der Waals surface area contributed by atoms with Crippen LogP contribution < -0.4 is 11.1 Å². The predicted octanol–water partition coefficient (Wildman–Crippen LogP) is 0.0499. The predicted molar refractivity (Wildman–Crippen MR) is 78.4 cm³/mol. The molecule has 0 saturated carbocycles. The Bertz CT molecular complexity index is 486. The summed E-state index contributed by atoms with van der Waals surface area (Å²) in [4.78, 5) is 26.0. The maximum atomic E-state index is 12.2. The first-order valence-electron chi connectivity index (χ1n) is 7.07. The Morgan fingerprint density at radius 1 is 1.24 bits per heavy atom. The van der Waals surface area contributed by atoms with Crippen LogP contribution in [-0.4, -0.2) is 49.1 Å². The summed E-state index contributed by atoms with van der Waals surface area (Å²) in [5.74, 6) is -0.456. The molecule has 1 aromatic rings. The molecule has 21 heavy (non-hydrogen) atoms. The van der Waals surface area contributed by atoms with Crippen LogP contribution in [0.1, 0.15) is 18.5 Å². The molecule has 0 spiro atoms. The van der Waals surface area contributed by atoms with Crippen molar-refractivity contribution in [2.75, 3.05) is 26.3 Å². The zero-order valence-electron chi connectivity index (χ0n) is 12.1. The molecular formula is C15H21N3O3. The number of carbonyl (C=O) groups is 2. The molecule has 1 aromatic carbocycles. The molecule has 0 radical (unpaired) electrons. The molecule has 1 aliphatic heterocycles. The third kappa shape index (κ3) is 4.03. The number of rotatable bonds is 4. The lowest BCUT2D eigenvalue weighted by Crippen LogP contribution is -2.51. The van der Waals surface area contributed by atoms with Gasteiger partial charge >= 0.3 is 0 Å². The van der Waals surface area contributed by atoms with Crippen molar-refractivity contribution in [1.29, 1.82) is 0 Å². The average molecular weight is 291 g/mol. The Morgan fingerprint density at radius 2 is 1.86 bits per heavy atom. The third-order valence-electron chi connectivity index (χ3n) is 3.49. The van der Waals surface area contributed by atoms with Crippen LogP contribution in [0.3, 0.4) is 0 Å². The monoisotopic (exact) mass is 291 g/mol. The van der Waals surface area contributed by atoms with E-state index in [2.05, 4.69) is 5.32 Å². The van der Waals surface area contributed by atoms with Crippen molar-refractivity contribution in [3.63, 3.8) is 0 Å². The second-order valence-electron chi connectivity index (χ2n) is 5.06.